The first-order valence-electron chi connectivity index (χ1n) is 4.60. The summed E-state index contributed by atoms with van der Waals surface area (Å²) < 4.78 is 41.6. The second kappa shape index (κ2) is 5.26. The Hall–Kier alpha value is -1.15. The SMILES string of the molecule is CNC(COCC(F)(F)F)c1cnnn1C. The van der Waals surface area contributed by atoms with Crippen molar-refractivity contribution in [3.8, 4) is 0 Å². The molecule has 0 saturated carbocycles. The van der Waals surface area contributed by atoms with Crippen LogP contribution in [0.1, 0.15) is 11.7 Å². The van der Waals surface area contributed by atoms with Crippen molar-refractivity contribution < 1.29 is 17.9 Å². The van der Waals surface area contributed by atoms with Gasteiger partial charge in [-0.3, -0.25) is 4.68 Å². The zero-order valence-electron chi connectivity index (χ0n) is 8.95. The van der Waals surface area contributed by atoms with Crippen molar-refractivity contribution in [2.24, 2.45) is 7.05 Å². The van der Waals surface area contributed by atoms with Crippen LogP contribution in [0.5, 0.6) is 0 Å². The Bertz CT molecular complexity index is 325. The summed E-state index contributed by atoms with van der Waals surface area (Å²) in [4.78, 5) is 0. The highest BCUT2D eigenvalue weighted by molar-refractivity contribution is 5.01. The van der Waals surface area contributed by atoms with Gasteiger partial charge in [0.25, 0.3) is 0 Å². The number of nitrogens with zero attached hydrogens (tertiary/aromatic N) is 3. The van der Waals surface area contributed by atoms with E-state index in [1.807, 2.05) is 0 Å². The monoisotopic (exact) mass is 238 g/mol. The fourth-order valence-corrected chi connectivity index (χ4v) is 1.22. The molecule has 1 aromatic rings. The van der Waals surface area contributed by atoms with Crippen molar-refractivity contribution in [1.29, 1.82) is 0 Å². The molecule has 0 radical (unpaired) electrons. The van der Waals surface area contributed by atoms with Crippen LogP contribution in [0.2, 0.25) is 0 Å². The molecule has 0 aromatic carbocycles. The van der Waals surface area contributed by atoms with Gasteiger partial charge >= 0.3 is 6.18 Å². The van der Waals surface area contributed by atoms with E-state index in [0.29, 0.717) is 5.69 Å². The third-order valence-corrected chi connectivity index (χ3v) is 2.01. The zero-order chi connectivity index (χ0) is 12.2. The number of rotatable bonds is 5. The normalized spacial score (nSPS) is 14.1. The highest BCUT2D eigenvalue weighted by Gasteiger charge is 2.28. The minimum absolute atomic E-state index is 0.0861. The van der Waals surface area contributed by atoms with Gasteiger partial charge in [0.05, 0.1) is 24.5 Å². The van der Waals surface area contributed by atoms with Gasteiger partial charge in [0.2, 0.25) is 0 Å². The molecule has 1 atom stereocenters. The number of halogens is 3. The lowest BCUT2D eigenvalue weighted by Gasteiger charge is -2.16. The lowest BCUT2D eigenvalue weighted by atomic mass is 10.2. The van der Waals surface area contributed by atoms with Crippen molar-refractivity contribution in [3.63, 3.8) is 0 Å². The molecule has 0 aliphatic rings. The number of aromatic nitrogens is 3. The molecule has 92 valence electrons. The summed E-state index contributed by atoms with van der Waals surface area (Å²) in [5, 5.41) is 10.2. The van der Waals surface area contributed by atoms with E-state index in [1.165, 1.54) is 10.9 Å². The molecule has 0 fully saturated rings. The Labute approximate surface area is 90.6 Å². The van der Waals surface area contributed by atoms with Gasteiger partial charge in [-0.05, 0) is 7.05 Å². The molecule has 1 unspecified atom stereocenters. The summed E-state index contributed by atoms with van der Waals surface area (Å²) in [5.41, 5.74) is 0.671. The first-order valence-corrected chi connectivity index (χ1v) is 4.60. The van der Waals surface area contributed by atoms with Gasteiger partial charge in [0.1, 0.15) is 6.61 Å². The van der Waals surface area contributed by atoms with Gasteiger partial charge in [-0.2, -0.15) is 13.2 Å². The molecule has 1 heterocycles. The van der Waals surface area contributed by atoms with Crippen LogP contribution in [0.25, 0.3) is 0 Å². The third kappa shape index (κ3) is 3.78. The second-order valence-electron chi connectivity index (χ2n) is 3.25. The third-order valence-electron chi connectivity index (χ3n) is 2.01. The summed E-state index contributed by atoms with van der Waals surface area (Å²) in [6.07, 6.45) is -2.82. The van der Waals surface area contributed by atoms with E-state index >= 15 is 0 Å². The molecule has 5 nitrogen and oxygen atoms in total. The quantitative estimate of drug-likeness (QED) is 0.818. The van der Waals surface area contributed by atoms with E-state index < -0.39 is 12.8 Å². The minimum Gasteiger partial charge on any atom is -0.370 e. The molecule has 8 heteroatoms. The summed E-state index contributed by atoms with van der Waals surface area (Å²) in [6.45, 7) is -1.34. The van der Waals surface area contributed by atoms with E-state index in [0.717, 1.165) is 0 Å². The first kappa shape index (κ1) is 12.9. The molecule has 0 saturated heterocycles. The standard InChI is InChI=1S/C8H13F3N4O/c1-12-6(4-16-5-8(9,10)11)7-3-13-14-15(7)2/h3,6,12H,4-5H2,1-2H3. The van der Waals surface area contributed by atoms with Gasteiger partial charge in [-0.15, -0.1) is 5.10 Å². The Morgan fingerprint density at radius 3 is 2.69 bits per heavy atom. The molecule has 1 N–H and O–H groups in total. The van der Waals surface area contributed by atoms with Crippen LogP contribution >= 0.6 is 0 Å². The lowest BCUT2D eigenvalue weighted by molar-refractivity contribution is -0.175. The summed E-state index contributed by atoms with van der Waals surface area (Å²) in [6, 6.07) is -0.359. The van der Waals surface area contributed by atoms with Crippen LogP contribution in [0, 0.1) is 0 Å². The lowest BCUT2D eigenvalue weighted by Crippen LogP contribution is -2.27. The Morgan fingerprint density at radius 1 is 1.56 bits per heavy atom. The number of aryl methyl sites for hydroxylation is 1. The average Bonchev–Trinajstić information content (AvgIpc) is 2.58. The summed E-state index contributed by atoms with van der Waals surface area (Å²) in [5.74, 6) is 0. The molecule has 0 spiro atoms. The molecule has 1 rings (SSSR count). The molecule has 0 amide bonds. The number of alkyl halides is 3. The number of ether oxygens (including phenoxy) is 1. The van der Waals surface area contributed by atoms with Crippen LogP contribution in [-0.4, -0.2) is 41.4 Å². The molecular weight excluding hydrogens is 225 g/mol. The first-order chi connectivity index (χ1) is 7.44. The summed E-state index contributed by atoms with van der Waals surface area (Å²) in [7, 11) is 3.30. The molecule has 0 aliphatic heterocycles. The Morgan fingerprint density at radius 2 is 2.25 bits per heavy atom. The minimum atomic E-state index is -4.30. The van der Waals surface area contributed by atoms with Crippen molar-refractivity contribution in [1.82, 2.24) is 20.3 Å². The van der Waals surface area contributed by atoms with Crippen LogP contribution in [0.3, 0.4) is 0 Å². The molecular formula is C8H13F3N4O. The molecule has 1 aromatic heterocycles. The van der Waals surface area contributed by atoms with Gasteiger partial charge in [0, 0.05) is 7.05 Å². The Balaban J connectivity index is 2.48. The van der Waals surface area contributed by atoms with E-state index in [-0.39, 0.29) is 12.6 Å². The maximum atomic E-state index is 11.9. The second-order valence-corrected chi connectivity index (χ2v) is 3.25. The van der Waals surface area contributed by atoms with Crippen molar-refractivity contribution >= 4 is 0 Å². The average molecular weight is 238 g/mol. The highest BCUT2D eigenvalue weighted by Crippen LogP contribution is 2.16. The van der Waals surface area contributed by atoms with Gasteiger partial charge < -0.3 is 10.1 Å². The fraction of sp³-hybridized carbons (Fsp3) is 0.750. The Kier molecular flexibility index (Phi) is 4.25. The zero-order valence-corrected chi connectivity index (χ0v) is 8.95. The van der Waals surface area contributed by atoms with Crippen LogP contribution in [0.15, 0.2) is 6.20 Å². The highest BCUT2D eigenvalue weighted by atomic mass is 19.4. The van der Waals surface area contributed by atoms with E-state index in [2.05, 4.69) is 20.4 Å². The number of likely N-dealkylation sites (N-methyl/N-ethyl adjacent to an activating group) is 1. The van der Waals surface area contributed by atoms with E-state index in [4.69, 9.17) is 0 Å². The predicted octanol–water partition coefficient (Wildman–Crippen LogP) is 0.654. The van der Waals surface area contributed by atoms with Crippen LogP contribution in [0.4, 0.5) is 13.2 Å². The van der Waals surface area contributed by atoms with Crippen molar-refractivity contribution in [3.05, 3.63) is 11.9 Å². The van der Waals surface area contributed by atoms with E-state index in [9.17, 15) is 13.2 Å². The number of nitrogens with one attached hydrogen (secondary N) is 1. The maximum Gasteiger partial charge on any atom is 0.411 e. The van der Waals surface area contributed by atoms with E-state index in [1.54, 1.807) is 14.1 Å². The maximum absolute atomic E-state index is 11.9. The fourth-order valence-electron chi connectivity index (χ4n) is 1.22. The number of hydrogen-bond acceptors (Lipinski definition) is 4. The smallest absolute Gasteiger partial charge is 0.370 e. The van der Waals surface area contributed by atoms with Gasteiger partial charge in [0.15, 0.2) is 0 Å². The molecule has 16 heavy (non-hydrogen) atoms. The van der Waals surface area contributed by atoms with Crippen molar-refractivity contribution in [2.75, 3.05) is 20.3 Å². The number of hydrogen-bond donors (Lipinski definition) is 1. The van der Waals surface area contributed by atoms with Gasteiger partial charge in [-0.1, -0.05) is 5.21 Å². The molecule has 0 bridgehead atoms. The summed E-state index contributed by atoms with van der Waals surface area (Å²) >= 11 is 0. The molecule has 0 aliphatic carbocycles. The van der Waals surface area contributed by atoms with Crippen molar-refractivity contribution in [2.45, 2.75) is 12.2 Å². The topological polar surface area (TPSA) is 52.0 Å². The largest absolute Gasteiger partial charge is 0.411 e. The van der Waals surface area contributed by atoms with Gasteiger partial charge in [-0.25, -0.2) is 0 Å². The van der Waals surface area contributed by atoms with Crippen LogP contribution < -0.4 is 5.32 Å². The predicted molar refractivity (Wildman–Crippen MR) is 49.7 cm³/mol. The van der Waals surface area contributed by atoms with Crippen LogP contribution in [-0.2, 0) is 11.8 Å².